The molecule has 0 spiro atoms. The Morgan fingerprint density at radius 2 is 1.10 bits per heavy atom. The number of fused-ring (bicyclic) bond motifs is 7. The van der Waals surface area contributed by atoms with Crippen LogP contribution in [0.2, 0.25) is 0 Å². The van der Waals surface area contributed by atoms with Crippen molar-refractivity contribution in [2.45, 2.75) is 26.2 Å². The molecule has 48 heavy (non-hydrogen) atoms. The molecule has 0 saturated carbocycles. The lowest BCUT2D eigenvalue weighted by molar-refractivity contribution is 0.590. The standard InChI is InChI=1S/C43H32N4S/c1-43(2,3)31-21-18-27(19-22-31)30-20-23-34-36(26-30)47(35-25-24-33-32-16-10-11-17-37(32)48-39(33)38(34)35)42-45-40(28-12-6-4-7-13-28)44-41(46-42)29-14-8-5-9-15-29/h4-26H,1-3H3. The summed E-state index contributed by atoms with van der Waals surface area (Å²) >= 11 is 1.85. The van der Waals surface area contributed by atoms with Crippen LogP contribution in [0.25, 0.3) is 81.8 Å². The van der Waals surface area contributed by atoms with E-state index in [0.717, 1.165) is 27.7 Å². The first-order valence-corrected chi connectivity index (χ1v) is 17.1. The molecule has 230 valence electrons. The van der Waals surface area contributed by atoms with Crippen LogP contribution < -0.4 is 0 Å². The minimum absolute atomic E-state index is 0.0934. The molecule has 3 aromatic heterocycles. The Morgan fingerprint density at radius 3 is 1.77 bits per heavy atom. The average Bonchev–Trinajstić information content (AvgIpc) is 3.67. The van der Waals surface area contributed by atoms with E-state index in [9.17, 15) is 0 Å². The second-order valence-corrected chi connectivity index (χ2v) is 14.4. The Kier molecular flexibility index (Phi) is 6.53. The Balaban J connectivity index is 1.36. The topological polar surface area (TPSA) is 43.6 Å². The zero-order valence-electron chi connectivity index (χ0n) is 27.0. The lowest BCUT2D eigenvalue weighted by Crippen LogP contribution is -2.10. The fourth-order valence-electron chi connectivity index (χ4n) is 6.74. The van der Waals surface area contributed by atoms with Crippen molar-refractivity contribution in [2.24, 2.45) is 0 Å². The average molecular weight is 637 g/mol. The van der Waals surface area contributed by atoms with Gasteiger partial charge in [-0.3, -0.25) is 4.57 Å². The Labute approximate surface area is 283 Å². The molecule has 9 rings (SSSR count). The number of rotatable bonds is 4. The number of hydrogen-bond donors (Lipinski definition) is 0. The Morgan fingerprint density at radius 1 is 0.500 bits per heavy atom. The summed E-state index contributed by atoms with van der Waals surface area (Å²) in [5.41, 5.74) is 7.79. The largest absolute Gasteiger partial charge is 0.278 e. The van der Waals surface area contributed by atoms with Crippen LogP contribution in [0.1, 0.15) is 26.3 Å². The lowest BCUT2D eigenvalue weighted by Gasteiger charge is -2.19. The van der Waals surface area contributed by atoms with Crippen LogP contribution in [-0.4, -0.2) is 19.5 Å². The van der Waals surface area contributed by atoms with E-state index in [1.807, 2.05) is 47.7 Å². The van der Waals surface area contributed by atoms with Gasteiger partial charge in [-0.15, -0.1) is 11.3 Å². The summed E-state index contributed by atoms with van der Waals surface area (Å²) in [5.74, 6) is 1.89. The summed E-state index contributed by atoms with van der Waals surface area (Å²) in [7, 11) is 0. The lowest BCUT2D eigenvalue weighted by atomic mass is 9.86. The summed E-state index contributed by atoms with van der Waals surface area (Å²) in [6.07, 6.45) is 0. The van der Waals surface area contributed by atoms with Crippen LogP contribution in [-0.2, 0) is 5.41 Å². The highest BCUT2D eigenvalue weighted by molar-refractivity contribution is 7.26. The minimum atomic E-state index is 0.0934. The normalized spacial score (nSPS) is 12.1. The molecule has 0 unspecified atom stereocenters. The summed E-state index contributed by atoms with van der Waals surface area (Å²) in [6, 6.07) is 49.4. The third-order valence-electron chi connectivity index (χ3n) is 9.25. The van der Waals surface area contributed by atoms with E-state index in [1.165, 1.54) is 42.1 Å². The molecule has 0 saturated heterocycles. The van der Waals surface area contributed by atoms with E-state index in [1.54, 1.807) is 0 Å². The van der Waals surface area contributed by atoms with Gasteiger partial charge in [0.05, 0.1) is 11.0 Å². The summed E-state index contributed by atoms with van der Waals surface area (Å²) in [4.78, 5) is 15.3. The molecule has 0 amide bonds. The molecule has 0 atom stereocenters. The molecule has 0 N–H and O–H groups in total. The monoisotopic (exact) mass is 636 g/mol. The van der Waals surface area contributed by atoms with Crippen LogP contribution in [0.5, 0.6) is 0 Å². The SMILES string of the molecule is CC(C)(C)c1ccc(-c2ccc3c4c5sc6ccccc6c5ccc4n(-c4nc(-c5ccccc5)nc(-c5ccccc5)n4)c3c2)cc1. The van der Waals surface area contributed by atoms with Gasteiger partial charge in [-0.1, -0.05) is 142 Å². The van der Waals surface area contributed by atoms with Gasteiger partial charge >= 0.3 is 0 Å². The molecule has 9 aromatic rings. The van der Waals surface area contributed by atoms with Gasteiger partial charge in [0.2, 0.25) is 5.95 Å². The van der Waals surface area contributed by atoms with E-state index < -0.39 is 0 Å². The highest BCUT2D eigenvalue weighted by atomic mass is 32.1. The summed E-state index contributed by atoms with van der Waals surface area (Å²) in [5, 5.41) is 4.96. The van der Waals surface area contributed by atoms with Crippen molar-refractivity contribution in [1.82, 2.24) is 19.5 Å². The molecule has 0 aliphatic rings. The first-order chi connectivity index (χ1) is 23.4. The molecule has 0 aliphatic heterocycles. The molecule has 6 aromatic carbocycles. The van der Waals surface area contributed by atoms with Crippen LogP contribution >= 0.6 is 11.3 Å². The third kappa shape index (κ3) is 4.70. The summed E-state index contributed by atoms with van der Waals surface area (Å²) < 4.78 is 4.80. The minimum Gasteiger partial charge on any atom is -0.278 e. The van der Waals surface area contributed by atoms with Crippen molar-refractivity contribution in [1.29, 1.82) is 0 Å². The van der Waals surface area contributed by atoms with Crippen LogP contribution in [0.3, 0.4) is 0 Å². The second-order valence-electron chi connectivity index (χ2n) is 13.3. The molecule has 0 bridgehead atoms. The fourth-order valence-corrected chi connectivity index (χ4v) is 8.00. The van der Waals surface area contributed by atoms with E-state index in [4.69, 9.17) is 15.0 Å². The molecular weight excluding hydrogens is 605 g/mol. The molecule has 5 heteroatoms. The van der Waals surface area contributed by atoms with Gasteiger partial charge < -0.3 is 0 Å². The van der Waals surface area contributed by atoms with Gasteiger partial charge in [0.15, 0.2) is 11.6 Å². The molecule has 0 radical (unpaired) electrons. The van der Waals surface area contributed by atoms with Crippen LogP contribution in [0.15, 0.2) is 140 Å². The number of hydrogen-bond acceptors (Lipinski definition) is 4. The Hall–Kier alpha value is -5.65. The second kappa shape index (κ2) is 11.0. The predicted octanol–water partition coefficient (Wildman–Crippen LogP) is 11.6. The van der Waals surface area contributed by atoms with Crippen molar-refractivity contribution in [3.63, 3.8) is 0 Å². The maximum Gasteiger partial charge on any atom is 0.238 e. The zero-order valence-corrected chi connectivity index (χ0v) is 27.8. The third-order valence-corrected chi connectivity index (χ3v) is 10.4. The van der Waals surface area contributed by atoms with Gasteiger partial charge in [0.25, 0.3) is 0 Å². The van der Waals surface area contributed by atoms with E-state index in [0.29, 0.717) is 17.6 Å². The van der Waals surface area contributed by atoms with E-state index >= 15 is 0 Å². The molecule has 0 aliphatic carbocycles. The van der Waals surface area contributed by atoms with E-state index in [-0.39, 0.29) is 5.41 Å². The zero-order chi connectivity index (χ0) is 32.4. The van der Waals surface area contributed by atoms with E-state index in [2.05, 4.69) is 128 Å². The van der Waals surface area contributed by atoms with Crippen LogP contribution in [0.4, 0.5) is 0 Å². The smallest absolute Gasteiger partial charge is 0.238 e. The van der Waals surface area contributed by atoms with Crippen molar-refractivity contribution in [3.8, 4) is 39.9 Å². The predicted molar refractivity (Wildman–Crippen MR) is 202 cm³/mol. The molecular formula is C43H32N4S. The number of nitrogens with zero attached hydrogens (tertiary/aromatic N) is 4. The fraction of sp³-hybridized carbons (Fsp3) is 0.0930. The van der Waals surface area contributed by atoms with Crippen molar-refractivity contribution in [2.75, 3.05) is 0 Å². The molecule has 3 heterocycles. The number of benzene rings is 6. The quantitative estimate of drug-likeness (QED) is 0.193. The number of aromatic nitrogens is 4. The first-order valence-electron chi connectivity index (χ1n) is 16.3. The van der Waals surface area contributed by atoms with Crippen molar-refractivity contribution >= 4 is 53.3 Å². The van der Waals surface area contributed by atoms with Crippen LogP contribution in [0, 0.1) is 0 Å². The van der Waals surface area contributed by atoms with Gasteiger partial charge in [0.1, 0.15) is 0 Å². The van der Waals surface area contributed by atoms with Gasteiger partial charge in [-0.25, -0.2) is 4.98 Å². The van der Waals surface area contributed by atoms with Crippen molar-refractivity contribution in [3.05, 3.63) is 145 Å². The van der Waals surface area contributed by atoms with Gasteiger partial charge in [-0.2, -0.15) is 9.97 Å². The first kappa shape index (κ1) is 28.6. The van der Waals surface area contributed by atoms with Gasteiger partial charge in [-0.05, 0) is 40.3 Å². The maximum atomic E-state index is 5.18. The number of thiophene rings is 1. The molecule has 4 nitrogen and oxygen atoms in total. The van der Waals surface area contributed by atoms with Crippen molar-refractivity contribution < 1.29 is 0 Å². The highest BCUT2D eigenvalue weighted by Crippen LogP contribution is 2.44. The molecule has 0 fully saturated rings. The maximum absolute atomic E-state index is 5.18. The highest BCUT2D eigenvalue weighted by Gasteiger charge is 2.21. The summed E-state index contributed by atoms with van der Waals surface area (Å²) in [6.45, 7) is 6.76. The Bertz CT molecular complexity index is 2570. The van der Waals surface area contributed by atoms with Gasteiger partial charge in [0, 0.05) is 42.1 Å².